The van der Waals surface area contributed by atoms with E-state index in [1.807, 2.05) is 17.6 Å². The summed E-state index contributed by atoms with van der Waals surface area (Å²) in [5, 5.41) is 0. The molecule has 1 aliphatic rings. The Morgan fingerprint density at radius 2 is 1.81 bits per heavy atom. The minimum Gasteiger partial charge on any atom is -0.442 e. The second kappa shape index (κ2) is 5.01. The maximum absolute atomic E-state index is 11.4. The third-order valence-corrected chi connectivity index (χ3v) is 1.98. The maximum Gasteiger partial charge on any atom is 0.441 e. The molecule has 0 aliphatic heterocycles. The van der Waals surface area contributed by atoms with Gasteiger partial charge >= 0.3 is 12.1 Å². The Balaban J connectivity index is 2.24. The van der Waals surface area contributed by atoms with Gasteiger partial charge in [0.25, 0.3) is 0 Å². The lowest BCUT2D eigenvalue weighted by Gasteiger charge is -2.19. The van der Waals surface area contributed by atoms with E-state index in [2.05, 4.69) is 4.84 Å². The van der Waals surface area contributed by atoms with E-state index in [1.54, 1.807) is 20.8 Å². The second-order valence-electron chi connectivity index (χ2n) is 4.66. The highest BCUT2D eigenvalue weighted by Crippen LogP contribution is 2.18. The first-order chi connectivity index (χ1) is 7.38. The summed E-state index contributed by atoms with van der Waals surface area (Å²) in [5.41, 5.74) is 1.37. The van der Waals surface area contributed by atoms with Crippen molar-refractivity contribution in [1.82, 2.24) is 5.48 Å². The molecule has 16 heavy (non-hydrogen) atoms. The Kier molecular flexibility index (Phi) is 3.93. The minimum atomic E-state index is -0.758. The zero-order valence-electron chi connectivity index (χ0n) is 9.78. The molecule has 90 valence electrons. The summed E-state index contributed by atoms with van der Waals surface area (Å²) in [6.07, 6.45) is 4.40. The highest BCUT2D eigenvalue weighted by molar-refractivity contribution is 5.75. The third kappa shape index (κ3) is 4.33. The number of amides is 1. The lowest BCUT2D eigenvalue weighted by Crippen LogP contribution is -2.35. The van der Waals surface area contributed by atoms with Crippen LogP contribution in [0.4, 0.5) is 4.79 Å². The highest BCUT2D eigenvalue weighted by Gasteiger charge is 2.23. The van der Waals surface area contributed by atoms with Crippen molar-refractivity contribution in [2.45, 2.75) is 39.2 Å². The van der Waals surface area contributed by atoms with E-state index in [-0.39, 0.29) is 5.92 Å². The van der Waals surface area contributed by atoms with Gasteiger partial charge in [-0.15, -0.1) is 5.48 Å². The Morgan fingerprint density at radius 1 is 1.25 bits per heavy atom. The Hall–Kier alpha value is -1.52. The van der Waals surface area contributed by atoms with E-state index in [0.29, 0.717) is 12.8 Å². The van der Waals surface area contributed by atoms with Crippen molar-refractivity contribution in [1.29, 1.82) is 0 Å². The van der Waals surface area contributed by atoms with E-state index in [1.165, 1.54) is 0 Å². The number of carbonyl (C=O) groups excluding carboxylic acids is 2. The smallest absolute Gasteiger partial charge is 0.441 e. The van der Waals surface area contributed by atoms with Crippen LogP contribution in [0, 0.1) is 5.92 Å². The molecule has 0 saturated heterocycles. The first kappa shape index (κ1) is 12.5. The molecule has 1 rings (SSSR count). The van der Waals surface area contributed by atoms with Crippen LogP contribution in [0.25, 0.3) is 0 Å². The van der Waals surface area contributed by atoms with Crippen molar-refractivity contribution in [3.8, 4) is 0 Å². The molecule has 0 fully saturated rings. The molecule has 0 saturated carbocycles. The van der Waals surface area contributed by atoms with E-state index >= 15 is 0 Å². The molecule has 0 aromatic rings. The summed E-state index contributed by atoms with van der Waals surface area (Å²) in [6, 6.07) is 0. The molecule has 0 heterocycles. The minimum absolute atomic E-state index is 0.185. The van der Waals surface area contributed by atoms with Gasteiger partial charge in [0.1, 0.15) is 5.60 Å². The van der Waals surface area contributed by atoms with Crippen LogP contribution in [-0.2, 0) is 14.4 Å². The number of carbonyl (C=O) groups is 2. The Labute approximate surface area is 94.7 Å². The molecule has 0 bridgehead atoms. The quantitative estimate of drug-likeness (QED) is 0.549. The summed E-state index contributed by atoms with van der Waals surface area (Å²) < 4.78 is 4.91. The molecule has 5 nitrogen and oxygen atoms in total. The molecule has 0 aromatic carbocycles. The summed E-state index contributed by atoms with van der Waals surface area (Å²) in [4.78, 5) is 27.2. The van der Waals surface area contributed by atoms with Crippen molar-refractivity contribution in [2.24, 2.45) is 5.92 Å². The third-order valence-electron chi connectivity index (χ3n) is 1.98. The molecule has 1 N–H and O–H groups in total. The van der Waals surface area contributed by atoms with Crippen molar-refractivity contribution < 1.29 is 19.2 Å². The SMILES string of the molecule is CC(C)(C)OC(=O)NOC(=O)C1CC=CC1. The molecule has 0 aromatic heterocycles. The van der Waals surface area contributed by atoms with Gasteiger partial charge in [-0.3, -0.25) is 0 Å². The number of nitrogens with one attached hydrogen (secondary N) is 1. The molecule has 5 heteroatoms. The summed E-state index contributed by atoms with van der Waals surface area (Å²) in [5.74, 6) is -0.620. The molecular formula is C11H17NO4. The maximum atomic E-state index is 11.4. The van der Waals surface area contributed by atoms with Gasteiger partial charge in [0.05, 0.1) is 5.92 Å². The number of ether oxygens (including phenoxy) is 1. The first-order valence-corrected chi connectivity index (χ1v) is 5.23. The van der Waals surface area contributed by atoms with Gasteiger partial charge in [-0.25, -0.2) is 9.59 Å². The summed E-state index contributed by atoms with van der Waals surface area (Å²) in [6.45, 7) is 5.19. The molecule has 0 atom stereocenters. The molecule has 0 unspecified atom stereocenters. The largest absolute Gasteiger partial charge is 0.442 e. The topological polar surface area (TPSA) is 64.6 Å². The van der Waals surface area contributed by atoms with Gasteiger partial charge in [0.2, 0.25) is 0 Å². The zero-order chi connectivity index (χ0) is 12.2. The predicted octanol–water partition coefficient (Wildman–Crippen LogP) is 1.94. The van der Waals surface area contributed by atoms with Crippen molar-refractivity contribution in [3.05, 3.63) is 12.2 Å². The van der Waals surface area contributed by atoms with Gasteiger partial charge in [-0.05, 0) is 33.6 Å². The van der Waals surface area contributed by atoms with Gasteiger partial charge < -0.3 is 9.57 Å². The lowest BCUT2D eigenvalue weighted by molar-refractivity contribution is -0.155. The fourth-order valence-electron chi connectivity index (χ4n) is 1.28. The van der Waals surface area contributed by atoms with Crippen LogP contribution in [0.15, 0.2) is 12.2 Å². The van der Waals surface area contributed by atoms with Gasteiger partial charge in [-0.1, -0.05) is 12.2 Å². The normalized spacial score (nSPS) is 15.9. The van der Waals surface area contributed by atoms with Crippen LogP contribution in [0.1, 0.15) is 33.6 Å². The van der Waals surface area contributed by atoms with Crippen LogP contribution in [-0.4, -0.2) is 17.7 Å². The van der Waals surface area contributed by atoms with Gasteiger partial charge in [0.15, 0.2) is 0 Å². The van der Waals surface area contributed by atoms with Gasteiger partial charge in [-0.2, -0.15) is 0 Å². The standard InChI is InChI=1S/C11H17NO4/c1-11(2,3)15-10(14)12-16-9(13)8-6-4-5-7-8/h4-5,8H,6-7H2,1-3H3,(H,12,14). The number of rotatable bonds is 1. The second-order valence-corrected chi connectivity index (χ2v) is 4.66. The monoisotopic (exact) mass is 227 g/mol. The molecule has 1 aliphatic carbocycles. The zero-order valence-corrected chi connectivity index (χ0v) is 9.78. The fraction of sp³-hybridized carbons (Fsp3) is 0.636. The average Bonchev–Trinajstić information content (AvgIpc) is 2.64. The number of hydrogen-bond acceptors (Lipinski definition) is 4. The average molecular weight is 227 g/mol. The van der Waals surface area contributed by atoms with Crippen LogP contribution in [0.5, 0.6) is 0 Å². The Morgan fingerprint density at radius 3 is 2.31 bits per heavy atom. The number of allylic oxidation sites excluding steroid dienone is 2. The fourth-order valence-corrected chi connectivity index (χ4v) is 1.28. The van der Waals surface area contributed by atoms with E-state index in [4.69, 9.17) is 4.74 Å². The molecule has 0 radical (unpaired) electrons. The van der Waals surface area contributed by atoms with E-state index < -0.39 is 17.7 Å². The summed E-state index contributed by atoms with van der Waals surface area (Å²) >= 11 is 0. The number of hydroxylamine groups is 1. The van der Waals surface area contributed by atoms with Crippen LogP contribution >= 0.6 is 0 Å². The van der Waals surface area contributed by atoms with Crippen molar-refractivity contribution in [3.63, 3.8) is 0 Å². The van der Waals surface area contributed by atoms with Crippen molar-refractivity contribution >= 4 is 12.1 Å². The number of hydrogen-bond donors (Lipinski definition) is 1. The Bertz CT molecular complexity index is 296. The van der Waals surface area contributed by atoms with Crippen LogP contribution in [0.3, 0.4) is 0 Å². The van der Waals surface area contributed by atoms with Crippen LogP contribution < -0.4 is 5.48 Å². The molecular weight excluding hydrogens is 210 g/mol. The predicted molar refractivity (Wildman–Crippen MR) is 57.3 cm³/mol. The van der Waals surface area contributed by atoms with Gasteiger partial charge in [0, 0.05) is 0 Å². The molecule has 1 amide bonds. The first-order valence-electron chi connectivity index (χ1n) is 5.23. The van der Waals surface area contributed by atoms with Crippen LogP contribution in [0.2, 0.25) is 0 Å². The van der Waals surface area contributed by atoms with Crippen molar-refractivity contribution in [2.75, 3.05) is 0 Å². The van der Waals surface area contributed by atoms with E-state index in [0.717, 1.165) is 0 Å². The van der Waals surface area contributed by atoms with E-state index in [9.17, 15) is 9.59 Å². The highest BCUT2D eigenvalue weighted by atomic mass is 16.7. The summed E-state index contributed by atoms with van der Waals surface area (Å²) in [7, 11) is 0. The molecule has 0 spiro atoms. The lowest BCUT2D eigenvalue weighted by atomic mass is 10.1.